The second-order valence-corrected chi connectivity index (χ2v) is 7.53. The highest BCUT2D eigenvalue weighted by Crippen LogP contribution is 2.32. The SMILES string of the molecule is C=C(C)c1cccc2c1CB1C=C(C=C3CCCCC3)NC1C2. The van der Waals surface area contributed by atoms with Gasteiger partial charge in [0.1, 0.15) is 0 Å². The maximum absolute atomic E-state index is 4.17. The van der Waals surface area contributed by atoms with Crippen molar-refractivity contribution in [1.82, 2.24) is 5.32 Å². The van der Waals surface area contributed by atoms with Gasteiger partial charge in [-0.3, -0.25) is 0 Å². The number of allylic oxidation sites excluding steroid dienone is 3. The fraction of sp³-hybridized carbons (Fsp3) is 0.429. The van der Waals surface area contributed by atoms with Crippen LogP contribution in [0.3, 0.4) is 0 Å². The highest BCUT2D eigenvalue weighted by atomic mass is 14.9. The fourth-order valence-corrected chi connectivity index (χ4v) is 4.52. The summed E-state index contributed by atoms with van der Waals surface area (Å²) in [5.41, 5.74) is 8.63. The van der Waals surface area contributed by atoms with Crippen molar-refractivity contribution in [3.63, 3.8) is 0 Å². The Balaban J connectivity index is 1.57. The normalized spacial score (nSPS) is 22.8. The van der Waals surface area contributed by atoms with Crippen molar-refractivity contribution in [2.45, 2.75) is 57.7 Å². The monoisotopic (exact) mass is 303 g/mol. The van der Waals surface area contributed by atoms with E-state index in [0.717, 1.165) is 12.7 Å². The molecule has 0 spiro atoms. The third-order valence-corrected chi connectivity index (χ3v) is 5.73. The van der Waals surface area contributed by atoms with Crippen LogP contribution in [0.25, 0.3) is 5.57 Å². The number of hydrogen-bond acceptors (Lipinski definition) is 1. The number of benzene rings is 1. The lowest BCUT2D eigenvalue weighted by Crippen LogP contribution is -2.42. The van der Waals surface area contributed by atoms with Gasteiger partial charge < -0.3 is 5.32 Å². The average Bonchev–Trinajstić information content (AvgIpc) is 2.93. The summed E-state index contributed by atoms with van der Waals surface area (Å²) in [5.74, 6) is 3.07. The van der Waals surface area contributed by atoms with Crippen LogP contribution in [0, 0.1) is 0 Å². The van der Waals surface area contributed by atoms with Gasteiger partial charge in [0.2, 0.25) is 0 Å². The van der Waals surface area contributed by atoms with Gasteiger partial charge in [-0.1, -0.05) is 48.3 Å². The van der Waals surface area contributed by atoms with Crippen LogP contribution in [0.5, 0.6) is 0 Å². The Hall–Kier alpha value is -1.70. The molecule has 1 saturated carbocycles. The van der Waals surface area contributed by atoms with Crippen LogP contribution >= 0.6 is 0 Å². The Morgan fingerprint density at radius 2 is 2.09 bits per heavy atom. The summed E-state index contributed by atoms with van der Waals surface area (Å²) in [6.45, 7) is 6.94. The Morgan fingerprint density at radius 1 is 1.26 bits per heavy atom. The van der Waals surface area contributed by atoms with Gasteiger partial charge in [-0.05, 0) is 68.1 Å². The fourth-order valence-electron chi connectivity index (χ4n) is 4.52. The van der Waals surface area contributed by atoms with Crippen LogP contribution in [-0.4, -0.2) is 12.7 Å². The van der Waals surface area contributed by atoms with Crippen LogP contribution < -0.4 is 5.32 Å². The van der Waals surface area contributed by atoms with Gasteiger partial charge in [0.15, 0.2) is 6.71 Å². The maximum atomic E-state index is 4.17. The highest BCUT2D eigenvalue weighted by Gasteiger charge is 2.35. The predicted molar refractivity (Wildman–Crippen MR) is 100 cm³/mol. The second-order valence-electron chi connectivity index (χ2n) is 7.53. The molecule has 4 rings (SSSR count). The number of hydrogen-bond donors (Lipinski definition) is 1. The Labute approximate surface area is 140 Å². The number of rotatable bonds is 2. The zero-order chi connectivity index (χ0) is 15.8. The van der Waals surface area contributed by atoms with Crippen molar-refractivity contribution in [3.8, 4) is 0 Å². The molecule has 1 fully saturated rings. The van der Waals surface area contributed by atoms with Crippen molar-refractivity contribution in [3.05, 3.63) is 64.8 Å². The molecule has 1 nitrogen and oxygen atoms in total. The Bertz CT molecular complexity index is 690. The van der Waals surface area contributed by atoms with Gasteiger partial charge in [0, 0.05) is 11.6 Å². The predicted octanol–water partition coefficient (Wildman–Crippen LogP) is 4.68. The van der Waals surface area contributed by atoms with Crippen LogP contribution in [-0.2, 0) is 12.7 Å². The van der Waals surface area contributed by atoms with Gasteiger partial charge in [-0.2, -0.15) is 0 Å². The zero-order valence-electron chi connectivity index (χ0n) is 14.2. The first-order valence-electron chi connectivity index (χ1n) is 9.15. The standard InChI is InChI=1S/C21H26BN/c1-15(2)19-10-6-9-17-12-21-22(14-20(17)19)13-18(23-21)11-16-7-4-3-5-8-16/h6,9-11,13,21,23H,1,3-5,7-8,12,14H2,2H3. The molecule has 0 saturated heterocycles. The van der Waals surface area contributed by atoms with E-state index in [0.29, 0.717) is 12.7 Å². The molecule has 1 N–H and O–H groups in total. The van der Waals surface area contributed by atoms with E-state index in [4.69, 9.17) is 0 Å². The highest BCUT2D eigenvalue weighted by molar-refractivity contribution is 6.67. The molecule has 3 aliphatic rings. The molecule has 1 atom stereocenters. The van der Waals surface area contributed by atoms with E-state index >= 15 is 0 Å². The third-order valence-electron chi connectivity index (χ3n) is 5.73. The minimum Gasteiger partial charge on any atom is -0.390 e. The summed E-state index contributed by atoms with van der Waals surface area (Å²) in [4.78, 5) is 0. The summed E-state index contributed by atoms with van der Waals surface area (Å²) >= 11 is 0. The minimum absolute atomic E-state index is 0.582. The van der Waals surface area contributed by atoms with Gasteiger partial charge in [-0.25, -0.2) is 0 Å². The number of fused-ring (bicyclic) bond motifs is 2. The molecule has 118 valence electrons. The van der Waals surface area contributed by atoms with E-state index in [1.54, 1.807) is 5.57 Å². The molecule has 0 radical (unpaired) electrons. The maximum Gasteiger partial charge on any atom is 0.199 e. The summed E-state index contributed by atoms with van der Waals surface area (Å²) in [6.07, 6.45) is 11.5. The lowest BCUT2D eigenvalue weighted by Gasteiger charge is -2.28. The van der Waals surface area contributed by atoms with Gasteiger partial charge in [-0.15, -0.1) is 0 Å². The first-order chi connectivity index (χ1) is 11.2. The first kappa shape index (κ1) is 14.9. The van der Waals surface area contributed by atoms with E-state index in [-0.39, 0.29) is 0 Å². The summed E-state index contributed by atoms with van der Waals surface area (Å²) in [6, 6.07) is 6.73. The second kappa shape index (κ2) is 6.07. The molecule has 1 aliphatic carbocycles. The molecule has 0 bridgehead atoms. The average molecular weight is 303 g/mol. The minimum atomic E-state index is 0.582. The van der Waals surface area contributed by atoms with Gasteiger partial charge in [0.05, 0.1) is 0 Å². The van der Waals surface area contributed by atoms with Gasteiger partial charge in [0.25, 0.3) is 0 Å². The molecule has 2 heteroatoms. The van der Waals surface area contributed by atoms with Crippen LogP contribution in [0.15, 0.2) is 48.1 Å². The third kappa shape index (κ3) is 2.92. The molecule has 2 aliphatic heterocycles. The summed E-state index contributed by atoms with van der Waals surface area (Å²) < 4.78 is 0. The van der Waals surface area contributed by atoms with Crippen molar-refractivity contribution in [1.29, 1.82) is 0 Å². The molecular formula is C21H26BN. The van der Waals surface area contributed by atoms with Crippen molar-refractivity contribution in [2.75, 3.05) is 0 Å². The van der Waals surface area contributed by atoms with Crippen molar-refractivity contribution < 1.29 is 0 Å². The molecule has 1 aromatic carbocycles. The van der Waals surface area contributed by atoms with Crippen molar-refractivity contribution in [2.24, 2.45) is 0 Å². The lowest BCUT2D eigenvalue weighted by atomic mass is 9.39. The van der Waals surface area contributed by atoms with Gasteiger partial charge >= 0.3 is 0 Å². The van der Waals surface area contributed by atoms with E-state index in [1.165, 1.54) is 60.1 Å². The molecule has 23 heavy (non-hydrogen) atoms. The molecule has 1 unspecified atom stereocenters. The first-order valence-corrected chi connectivity index (χ1v) is 9.15. The number of nitrogens with one attached hydrogen (secondary N) is 1. The molecule has 0 aromatic heterocycles. The molecule has 0 amide bonds. The molecular weight excluding hydrogens is 277 g/mol. The lowest BCUT2D eigenvalue weighted by molar-refractivity contribution is 0.597. The Kier molecular flexibility index (Phi) is 3.92. The van der Waals surface area contributed by atoms with E-state index in [1.807, 2.05) is 0 Å². The van der Waals surface area contributed by atoms with Crippen LogP contribution in [0.2, 0.25) is 0 Å². The van der Waals surface area contributed by atoms with Crippen LogP contribution in [0.4, 0.5) is 0 Å². The summed E-state index contributed by atoms with van der Waals surface area (Å²) in [7, 11) is 0. The molecule has 1 aromatic rings. The van der Waals surface area contributed by atoms with E-state index in [9.17, 15) is 0 Å². The largest absolute Gasteiger partial charge is 0.390 e. The van der Waals surface area contributed by atoms with E-state index < -0.39 is 0 Å². The van der Waals surface area contributed by atoms with Crippen LogP contribution in [0.1, 0.15) is 55.7 Å². The summed E-state index contributed by atoms with van der Waals surface area (Å²) in [5, 5.41) is 3.79. The van der Waals surface area contributed by atoms with Crippen molar-refractivity contribution >= 4 is 12.3 Å². The Morgan fingerprint density at radius 3 is 2.87 bits per heavy atom. The van der Waals surface area contributed by atoms with E-state index in [2.05, 4.69) is 49.1 Å². The molecule has 2 heterocycles. The topological polar surface area (TPSA) is 12.0 Å². The quantitative estimate of drug-likeness (QED) is 0.782. The zero-order valence-corrected chi connectivity index (χ0v) is 14.2. The smallest absolute Gasteiger partial charge is 0.199 e.